The molecule has 1 N–H and O–H groups in total. The first-order valence-corrected chi connectivity index (χ1v) is 9.09. The SMILES string of the molecule is O=C([C@@H]1C[C@@H]2CCCC[C@H]2N1C(=O)c1ccc(F)cc1)N1CC(O)C1. The molecule has 2 heterocycles. The van der Waals surface area contributed by atoms with Gasteiger partial charge in [-0.3, -0.25) is 9.59 Å². The van der Waals surface area contributed by atoms with Gasteiger partial charge in [-0.1, -0.05) is 12.8 Å². The van der Waals surface area contributed by atoms with Crippen LogP contribution in [0.3, 0.4) is 0 Å². The molecular weight excluding hydrogens is 323 g/mol. The van der Waals surface area contributed by atoms with E-state index in [1.807, 2.05) is 0 Å². The lowest BCUT2D eigenvalue weighted by Gasteiger charge is -2.40. The summed E-state index contributed by atoms with van der Waals surface area (Å²) in [6.45, 7) is 0.701. The Hall–Kier alpha value is -1.95. The maximum Gasteiger partial charge on any atom is 0.254 e. The molecule has 134 valence electrons. The number of hydrogen-bond donors (Lipinski definition) is 1. The number of aliphatic hydroxyl groups excluding tert-OH is 1. The van der Waals surface area contributed by atoms with Gasteiger partial charge in [0.15, 0.2) is 0 Å². The molecule has 25 heavy (non-hydrogen) atoms. The standard InChI is InChI=1S/C19H23FN2O3/c20-14-7-5-12(6-8-14)18(24)22-16-4-2-1-3-13(16)9-17(22)19(25)21-10-15(23)11-21/h5-8,13,15-17,23H,1-4,9-11H2/t13-,16+,17-/m0/s1. The third-order valence-electron chi connectivity index (χ3n) is 5.87. The van der Waals surface area contributed by atoms with E-state index in [9.17, 15) is 19.1 Å². The second-order valence-corrected chi connectivity index (χ2v) is 7.48. The zero-order valence-corrected chi connectivity index (χ0v) is 14.1. The van der Waals surface area contributed by atoms with E-state index in [4.69, 9.17) is 0 Å². The summed E-state index contributed by atoms with van der Waals surface area (Å²) in [5.41, 5.74) is 0.425. The van der Waals surface area contributed by atoms with Gasteiger partial charge in [0.05, 0.1) is 6.10 Å². The van der Waals surface area contributed by atoms with Gasteiger partial charge in [-0.05, 0) is 49.4 Å². The average Bonchev–Trinajstić information content (AvgIpc) is 2.98. The van der Waals surface area contributed by atoms with Crippen molar-refractivity contribution in [1.29, 1.82) is 0 Å². The second-order valence-electron chi connectivity index (χ2n) is 7.48. The lowest BCUT2D eigenvalue weighted by atomic mass is 9.84. The van der Waals surface area contributed by atoms with Crippen molar-refractivity contribution in [3.63, 3.8) is 0 Å². The molecule has 3 atom stereocenters. The van der Waals surface area contributed by atoms with Gasteiger partial charge in [0.2, 0.25) is 5.91 Å². The number of carbonyl (C=O) groups excluding carboxylic acids is 2. The zero-order chi connectivity index (χ0) is 17.6. The van der Waals surface area contributed by atoms with Gasteiger partial charge in [-0.15, -0.1) is 0 Å². The Morgan fingerprint density at radius 3 is 2.44 bits per heavy atom. The fourth-order valence-electron chi connectivity index (χ4n) is 4.56. The number of halogens is 1. The summed E-state index contributed by atoms with van der Waals surface area (Å²) >= 11 is 0. The maximum absolute atomic E-state index is 13.2. The van der Waals surface area contributed by atoms with Gasteiger partial charge >= 0.3 is 0 Å². The molecule has 1 aliphatic carbocycles. The van der Waals surface area contributed by atoms with Gasteiger partial charge < -0.3 is 14.9 Å². The van der Waals surface area contributed by atoms with Crippen LogP contribution in [0.15, 0.2) is 24.3 Å². The van der Waals surface area contributed by atoms with Gasteiger partial charge in [-0.2, -0.15) is 0 Å². The number of aliphatic hydroxyl groups is 1. The molecule has 5 nitrogen and oxygen atoms in total. The highest BCUT2D eigenvalue weighted by Crippen LogP contribution is 2.41. The number of hydrogen-bond acceptors (Lipinski definition) is 3. The van der Waals surface area contributed by atoms with Crippen molar-refractivity contribution in [2.24, 2.45) is 5.92 Å². The predicted octanol–water partition coefficient (Wildman–Crippen LogP) is 1.80. The summed E-state index contributed by atoms with van der Waals surface area (Å²) in [5.74, 6) is -0.266. The van der Waals surface area contributed by atoms with Crippen LogP contribution in [0.4, 0.5) is 4.39 Å². The first-order chi connectivity index (χ1) is 12.0. The molecular formula is C19H23FN2O3. The molecule has 2 saturated heterocycles. The van der Waals surface area contributed by atoms with Gasteiger partial charge in [0, 0.05) is 24.7 Å². The second kappa shape index (κ2) is 6.41. The van der Waals surface area contributed by atoms with Crippen molar-refractivity contribution in [1.82, 2.24) is 9.80 Å². The number of likely N-dealkylation sites (tertiary alicyclic amines) is 2. The van der Waals surface area contributed by atoms with Crippen LogP contribution in [-0.4, -0.2) is 58.0 Å². The molecule has 6 heteroatoms. The lowest BCUT2D eigenvalue weighted by Crippen LogP contribution is -2.59. The Labute approximate surface area is 146 Å². The van der Waals surface area contributed by atoms with Gasteiger partial charge in [-0.25, -0.2) is 4.39 Å². The average molecular weight is 346 g/mol. The number of fused-ring (bicyclic) bond motifs is 1. The highest BCUT2D eigenvalue weighted by Gasteiger charge is 2.49. The van der Waals surface area contributed by atoms with E-state index >= 15 is 0 Å². The highest BCUT2D eigenvalue weighted by atomic mass is 19.1. The van der Waals surface area contributed by atoms with Crippen molar-refractivity contribution < 1.29 is 19.1 Å². The van der Waals surface area contributed by atoms with Crippen molar-refractivity contribution in [2.75, 3.05) is 13.1 Å². The minimum absolute atomic E-state index is 0.0600. The molecule has 0 aromatic heterocycles. The molecule has 1 aromatic carbocycles. The highest BCUT2D eigenvalue weighted by molar-refractivity contribution is 5.98. The number of β-amino-alcohol motifs (C(OH)–C–C–N with tert-alkyl or cyclic N) is 1. The zero-order valence-electron chi connectivity index (χ0n) is 14.1. The maximum atomic E-state index is 13.2. The van der Waals surface area contributed by atoms with Crippen LogP contribution in [0.5, 0.6) is 0 Å². The summed E-state index contributed by atoms with van der Waals surface area (Å²) in [6, 6.07) is 5.17. The van der Waals surface area contributed by atoms with E-state index < -0.39 is 12.1 Å². The van der Waals surface area contributed by atoms with Crippen LogP contribution in [-0.2, 0) is 4.79 Å². The minimum Gasteiger partial charge on any atom is -0.389 e. The molecule has 3 aliphatic rings. The summed E-state index contributed by atoms with van der Waals surface area (Å²) in [4.78, 5) is 29.4. The van der Waals surface area contributed by atoms with Crippen LogP contribution < -0.4 is 0 Å². The third-order valence-corrected chi connectivity index (χ3v) is 5.87. The molecule has 2 amide bonds. The Morgan fingerprint density at radius 1 is 1.08 bits per heavy atom. The van der Waals surface area contributed by atoms with E-state index in [1.54, 1.807) is 9.80 Å². The molecule has 0 spiro atoms. The Bertz CT molecular complexity index is 672. The third kappa shape index (κ3) is 2.92. The Morgan fingerprint density at radius 2 is 1.76 bits per heavy atom. The van der Waals surface area contributed by atoms with E-state index in [0.717, 1.165) is 25.7 Å². The first-order valence-electron chi connectivity index (χ1n) is 9.09. The number of benzene rings is 1. The van der Waals surface area contributed by atoms with E-state index in [1.165, 1.54) is 24.3 Å². The van der Waals surface area contributed by atoms with Crippen LogP contribution in [0, 0.1) is 11.7 Å². The van der Waals surface area contributed by atoms with Gasteiger partial charge in [0.25, 0.3) is 5.91 Å². The minimum atomic E-state index is -0.460. The van der Waals surface area contributed by atoms with Crippen molar-refractivity contribution in [2.45, 2.75) is 50.3 Å². The predicted molar refractivity (Wildman–Crippen MR) is 89.3 cm³/mol. The number of rotatable bonds is 2. The van der Waals surface area contributed by atoms with Crippen molar-refractivity contribution >= 4 is 11.8 Å². The molecule has 3 fully saturated rings. The normalized spacial score (nSPS) is 29.3. The van der Waals surface area contributed by atoms with E-state index in [-0.39, 0.29) is 23.7 Å². The molecule has 0 bridgehead atoms. The topological polar surface area (TPSA) is 60.9 Å². The van der Waals surface area contributed by atoms with E-state index in [2.05, 4.69) is 0 Å². The largest absolute Gasteiger partial charge is 0.389 e. The van der Waals surface area contributed by atoms with Crippen molar-refractivity contribution in [3.8, 4) is 0 Å². The molecule has 1 saturated carbocycles. The molecule has 1 aromatic rings. The summed E-state index contributed by atoms with van der Waals surface area (Å²) in [5, 5.41) is 9.49. The van der Waals surface area contributed by atoms with Crippen LogP contribution in [0.25, 0.3) is 0 Å². The number of carbonyl (C=O) groups is 2. The van der Waals surface area contributed by atoms with Crippen LogP contribution in [0.2, 0.25) is 0 Å². The number of nitrogens with zero attached hydrogens (tertiary/aromatic N) is 2. The van der Waals surface area contributed by atoms with E-state index in [0.29, 0.717) is 31.0 Å². The number of amides is 2. The molecule has 4 rings (SSSR count). The summed E-state index contributed by atoms with van der Waals surface area (Å²) in [6.07, 6.45) is 4.42. The van der Waals surface area contributed by atoms with Crippen LogP contribution in [0.1, 0.15) is 42.5 Å². The summed E-state index contributed by atoms with van der Waals surface area (Å²) in [7, 11) is 0. The fourth-order valence-corrected chi connectivity index (χ4v) is 4.56. The monoisotopic (exact) mass is 346 g/mol. The molecule has 2 aliphatic heterocycles. The molecule has 0 radical (unpaired) electrons. The fraction of sp³-hybridized carbons (Fsp3) is 0.579. The summed E-state index contributed by atoms with van der Waals surface area (Å²) < 4.78 is 13.2. The van der Waals surface area contributed by atoms with Gasteiger partial charge in [0.1, 0.15) is 11.9 Å². The Kier molecular flexibility index (Phi) is 4.23. The first kappa shape index (κ1) is 16.5. The quantitative estimate of drug-likeness (QED) is 0.888. The Balaban J connectivity index is 1.61. The lowest BCUT2D eigenvalue weighted by molar-refractivity contribution is -0.145. The van der Waals surface area contributed by atoms with Crippen molar-refractivity contribution in [3.05, 3.63) is 35.6 Å². The van der Waals surface area contributed by atoms with Crippen LogP contribution >= 0.6 is 0 Å². The smallest absolute Gasteiger partial charge is 0.254 e. The molecule has 0 unspecified atom stereocenters.